The average Bonchev–Trinajstić information content (AvgIpc) is 3.39. The van der Waals surface area contributed by atoms with E-state index in [1.165, 1.54) is 23.8 Å². The maximum Gasteiger partial charge on any atom is 0.341 e. The number of methoxy groups -OCH3 is 1. The molecule has 0 radical (unpaired) electrons. The number of nitrogens with one attached hydrogen (secondary N) is 1. The van der Waals surface area contributed by atoms with E-state index in [4.69, 9.17) is 9.47 Å². The van der Waals surface area contributed by atoms with Crippen molar-refractivity contribution in [3.05, 3.63) is 63.8 Å². The van der Waals surface area contributed by atoms with Gasteiger partial charge in [0, 0.05) is 20.6 Å². The molecule has 12 heteroatoms. The number of ether oxygens (including phenoxy) is 2. The Morgan fingerprint density at radius 3 is 2.45 bits per heavy atom. The molecule has 0 bridgehead atoms. The fourth-order valence-corrected chi connectivity index (χ4v) is 5.66. The van der Waals surface area contributed by atoms with Gasteiger partial charge in [0.15, 0.2) is 11.0 Å². The largest absolute Gasteiger partial charge is 0.486 e. The summed E-state index contributed by atoms with van der Waals surface area (Å²) in [6.45, 7) is 10.1. The van der Waals surface area contributed by atoms with Crippen LogP contribution >= 0.6 is 23.1 Å². The molecule has 3 rings (SSSR count). The number of thiophene rings is 1. The minimum absolute atomic E-state index is 0.00171. The SMILES string of the molecule is C=CCn1c(COc2cc(C)cc(C)c2)nnc1SCC(=O)Nc1sc(C(=O)N(C)C)c(C)c1C(=O)OC. The number of anilines is 1. The van der Waals surface area contributed by atoms with Crippen molar-refractivity contribution in [2.24, 2.45) is 0 Å². The highest BCUT2D eigenvalue weighted by molar-refractivity contribution is 7.99. The van der Waals surface area contributed by atoms with Crippen molar-refractivity contribution in [3.63, 3.8) is 0 Å². The molecule has 3 aromatic rings. The summed E-state index contributed by atoms with van der Waals surface area (Å²) < 4.78 is 12.6. The molecule has 38 heavy (non-hydrogen) atoms. The Kier molecular flexibility index (Phi) is 9.70. The van der Waals surface area contributed by atoms with Gasteiger partial charge < -0.3 is 19.7 Å². The highest BCUT2D eigenvalue weighted by Crippen LogP contribution is 2.34. The Labute approximate surface area is 230 Å². The number of aryl methyl sites for hydroxylation is 2. The predicted octanol–water partition coefficient (Wildman–Crippen LogP) is 4.25. The van der Waals surface area contributed by atoms with E-state index in [2.05, 4.69) is 28.2 Å². The molecule has 0 fully saturated rings. The van der Waals surface area contributed by atoms with Gasteiger partial charge in [0.1, 0.15) is 17.4 Å². The summed E-state index contributed by atoms with van der Waals surface area (Å²) in [5.74, 6) is 0.0808. The molecular formula is C26H31N5O5S2. The van der Waals surface area contributed by atoms with Crippen molar-refractivity contribution in [2.75, 3.05) is 32.3 Å². The molecule has 0 aliphatic carbocycles. The normalized spacial score (nSPS) is 10.7. The average molecular weight is 558 g/mol. The first-order valence-corrected chi connectivity index (χ1v) is 13.5. The van der Waals surface area contributed by atoms with Crippen LogP contribution in [0.1, 0.15) is 42.5 Å². The molecule has 0 atom stereocenters. The third-order valence-electron chi connectivity index (χ3n) is 5.39. The van der Waals surface area contributed by atoms with E-state index in [9.17, 15) is 14.4 Å². The quantitative estimate of drug-likeness (QED) is 0.211. The van der Waals surface area contributed by atoms with Gasteiger partial charge in [-0.25, -0.2) is 4.79 Å². The number of allylic oxidation sites excluding steroid dienone is 1. The van der Waals surface area contributed by atoms with Crippen molar-refractivity contribution >= 4 is 45.9 Å². The van der Waals surface area contributed by atoms with Gasteiger partial charge in [-0.15, -0.1) is 28.1 Å². The van der Waals surface area contributed by atoms with Crippen molar-refractivity contribution in [1.29, 1.82) is 0 Å². The third-order valence-corrected chi connectivity index (χ3v) is 7.55. The number of rotatable bonds is 11. The van der Waals surface area contributed by atoms with E-state index in [1.54, 1.807) is 27.1 Å². The van der Waals surface area contributed by atoms with Gasteiger partial charge in [-0.3, -0.25) is 14.2 Å². The summed E-state index contributed by atoms with van der Waals surface area (Å²) in [5, 5.41) is 12.0. The van der Waals surface area contributed by atoms with Crippen molar-refractivity contribution < 1.29 is 23.9 Å². The molecule has 0 spiro atoms. The summed E-state index contributed by atoms with van der Waals surface area (Å²) in [7, 11) is 4.49. The molecule has 202 valence electrons. The lowest BCUT2D eigenvalue weighted by Gasteiger charge is -2.10. The number of carbonyl (C=O) groups is 3. The zero-order chi connectivity index (χ0) is 28.0. The lowest BCUT2D eigenvalue weighted by atomic mass is 10.1. The van der Waals surface area contributed by atoms with Crippen LogP contribution in [0.2, 0.25) is 0 Å². The molecule has 0 aliphatic rings. The van der Waals surface area contributed by atoms with Crippen molar-refractivity contribution in [3.8, 4) is 5.75 Å². The van der Waals surface area contributed by atoms with Gasteiger partial charge in [0.05, 0.1) is 23.3 Å². The first-order chi connectivity index (χ1) is 18.0. The first kappa shape index (κ1) is 28.9. The predicted molar refractivity (Wildman–Crippen MR) is 148 cm³/mol. The number of carbonyl (C=O) groups excluding carboxylic acids is 3. The highest BCUT2D eigenvalue weighted by atomic mass is 32.2. The number of esters is 1. The summed E-state index contributed by atoms with van der Waals surface area (Å²) in [6, 6.07) is 5.97. The fraction of sp³-hybridized carbons (Fsp3) is 0.346. The molecular weight excluding hydrogens is 526 g/mol. The van der Waals surface area contributed by atoms with E-state index < -0.39 is 5.97 Å². The topological polar surface area (TPSA) is 116 Å². The van der Waals surface area contributed by atoms with Crippen LogP contribution in [0, 0.1) is 20.8 Å². The third kappa shape index (κ3) is 6.81. The van der Waals surface area contributed by atoms with Gasteiger partial charge in [0.25, 0.3) is 5.91 Å². The highest BCUT2D eigenvalue weighted by Gasteiger charge is 2.27. The van der Waals surface area contributed by atoms with Gasteiger partial charge in [-0.2, -0.15) is 0 Å². The Balaban J connectivity index is 1.73. The number of hydrogen-bond acceptors (Lipinski definition) is 9. The Morgan fingerprint density at radius 1 is 1.16 bits per heavy atom. The van der Waals surface area contributed by atoms with Gasteiger partial charge >= 0.3 is 5.97 Å². The molecule has 10 nitrogen and oxygen atoms in total. The number of aromatic nitrogens is 3. The molecule has 2 heterocycles. The molecule has 0 unspecified atom stereocenters. The Morgan fingerprint density at radius 2 is 1.84 bits per heavy atom. The number of nitrogens with zero attached hydrogens (tertiary/aromatic N) is 4. The summed E-state index contributed by atoms with van der Waals surface area (Å²) in [6.07, 6.45) is 1.72. The lowest BCUT2D eigenvalue weighted by molar-refractivity contribution is -0.113. The lowest BCUT2D eigenvalue weighted by Crippen LogP contribution is -2.21. The van der Waals surface area contributed by atoms with E-state index in [1.807, 2.05) is 30.5 Å². The van der Waals surface area contributed by atoms with Crippen LogP contribution in [0.4, 0.5) is 5.00 Å². The van der Waals surface area contributed by atoms with Crippen LogP contribution in [0.5, 0.6) is 5.75 Å². The van der Waals surface area contributed by atoms with Gasteiger partial charge in [-0.1, -0.05) is 23.9 Å². The second-order valence-corrected chi connectivity index (χ2v) is 10.7. The molecule has 0 aliphatic heterocycles. The van der Waals surface area contributed by atoms with Crippen LogP contribution in [0.25, 0.3) is 0 Å². The molecule has 1 N–H and O–H groups in total. The minimum Gasteiger partial charge on any atom is -0.486 e. The monoisotopic (exact) mass is 557 g/mol. The number of thioether (sulfide) groups is 1. The number of amides is 2. The van der Waals surface area contributed by atoms with E-state index in [0.717, 1.165) is 28.2 Å². The summed E-state index contributed by atoms with van der Waals surface area (Å²) in [4.78, 5) is 39.6. The zero-order valence-corrected chi connectivity index (χ0v) is 23.9. The number of hydrogen-bond donors (Lipinski definition) is 1. The van der Waals surface area contributed by atoms with Crippen LogP contribution in [0.15, 0.2) is 36.0 Å². The summed E-state index contributed by atoms with van der Waals surface area (Å²) >= 11 is 2.23. The first-order valence-electron chi connectivity index (χ1n) is 11.7. The molecule has 1 aromatic carbocycles. The smallest absolute Gasteiger partial charge is 0.341 e. The van der Waals surface area contributed by atoms with Crippen LogP contribution < -0.4 is 10.1 Å². The molecule has 0 saturated carbocycles. The second kappa shape index (κ2) is 12.7. The minimum atomic E-state index is -0.626. The summed E-state index contributed by atoms with van der Waals surface area (Å²) in [5.41, 5.74) is 2.83. The maximum absolute atomic E-state index is 12.8. The van der Waals surface area contributed by atoms with Crippen LogP contribution in [0.3, 0.4) is 0 Å². The zero-order valence-electron chi connectivity index (χ0n) is 22.3. The van der Waals surface area contributed by atoms with Gasteiger partial charge in [0.2, 0.25) is 5.91 Å². The fourth-order valence-electron chi connectivity index (χ4n) is 3.66. The number of benzene rings is 1. The molecule has 0 saturated heterocycles. The molecule has 2 aromatic heterocycles. The van der Waals surface area contributed by atoms with Crippen LogP contribution in [-0.4, -0.2) is 64.4 Å². The van der Waals surface area contributed by atoms with Gasteiger partial charge in [-0.05, 0) is 49.6 Å². The maximum atomic E-state index is 12.8. The standard InChI is InChI=1S/C26H31N5O5S2/c1-8-9-31-19(13-36-18-11-15(2)10-16(3)12-18)28-29-26(31)37-14-20(32)27-23-21(25(34)35-7)17(4)22(38-23)24(33)30(5)6/h8,10-12H,1,9,13-14H2,2-7H3,(H,27,32). The van der Waals surface area contributed by atoms with Crippen LogP contribution in [-0.2, 0) is 22.7 Å². The van der Waals surface area contributed by atoms with E-state index >= 15 is 0 Å². The van der Waals surface area contributed by atoms with E-state index in [0.29, 0.717) is 28.0 Å². The Bertz CT molecular complexity index is 1340. The Hall–Kier alpha value is -3.64. The van der Waals surface area contributed by atoms with E-state index in [-0.39, 0.29) is 34.7 Å². The molecule has 2 amide bonds. The van der Waals surface area contributed by atoms with Crippen molar-refractivity contribution in [1.82, 2.24) is 19.7 Å². The van der Waals surface area contributed by atoms with Crippen molar-refractivity contribution in [2.45, 2.75) is 39.1 Å². The second-order valence-electron chi connectivity index (χ2n) is 8.70.